The van der Waals surface area contributed by atoms with E-state index >= 15 is 0 Å². The number of benzene rings is 1. The Hall–Kier alpha value is -1.14. The van der Waals surface area contributed by atoms with E-state index in [9.17, 15) is 4.79 Å². The van der Waals surface area contributed by atoms with Gasteiger partial charge in [0, 0.05) is 22.4 Å². The highest BCUT2D eigenvalue weighted by molar-refractivity contribution is 8.29. The van der Waals surface area contributed by atoms with E-state index in [-0.39, 0.29) is 17.6 Å². The predicted octanol–water partition coefficient (Wildman–Crippen LogP) is 7.61. The Labute approximate surface area is 200 Å². The minimum atomic E-state index is -1.62. The van der Waals surface area contributed by atoms with Gasteiger partial charge in [0.05, 0.1) is 6.54 Å². The highest BCUT2D eigenvalue weighted by Crippen LogP contribution is 2.54. The van der Waals surface area contributed by atoms with Crippen molar-refractivity contribution in [1.82, 2.24) is 4.90 Å². The van der Waals surface area contributed by atoms with Gasteiger partial charge in [-0.1, -0.05) is 54.5 Å². The zero-order valence-corrected chi connectivity index (χ0v) is 23.6. The van der Waals surface area contributed by atoms with Crippen molar-refractivity contribution < 1.29 is 14.3 Å². The Morgan fingerprint density at radius 1 is 1.16 bits per heavy atom. The van der Waals surface area contributed by atoms with Gasteiger partial charge in [-0.3, -0.25) is 0 Å². The number of nitrogens with zero attached hydrogens (tertiary/aromatic N) is 1. The molecule has 0 N–H and O–H groups in total. The molecule has 1 amide bonds. The zero-order chi connectivity index (χ0) is 24.1. The fourth-order valence-electron chi connectivity index (χ4n) is 5.84. The van der Waals surface area contributed by atoms with Gasteiger partial charge < -0.3 is 14.4 Å². The minimum Gasteiger partial charge on any atom is -0.487 e. The van der Waals surface area contributed by atoms with Crippen molar-refractivity contribution in [3.05, 3.63) is 23.8 Å². The molecule has 0 saturated carbocycles. The van der Waals surface area contributed by atoms with Gasteiger partial charge in [0.1, 0.15) is 24.7 Å². The lowest BCUT2D eigenvalue weighted by atomic mass is 9.74. The molecule has 0 aliphatic carbocycles. The summed E-state index contributed by atoms with van der Waals surface area (Å²) in [6.07, 6.45) is 0.622. The fourth-order valence-corrected chi connectivity index (χ4v) is 15.0. The van der Waals surface area contributed by atoms with E-state index in [2.05, 4.69) is 77.9 Å². The Morgan fingerprint density at radius 3 is 2.28 bits per heavy atom. The smallest absolute Gasteiger partial charge is 0.410 e. The lowest BCUT2D eigenvalue weighted by Gasteiger charge is -2.42. The number of amides is 1. The third kappa shape index (κ3) is 4.59. The molecule has 32 heavy (non-hydrogen) atoms. The number of ether oxygens (including phenoxy) is 2. The largest absolute Gasteiger partial charge is 0.487 e. The van der Waals surface area contributed by atoms with Gasteiger partial charge in [-0.05, 0) is 55.9 Å². The summed E-state index contributed by atoms with van der Waals surface area (Å²) in [4.78, 5) is 15.8. The SMILES string of the molecule is CC(C)[Si](Sc1ccc2c(c1)OC1CN(C(=O)OC(C)(C)C)CCC21C)(C(C)C)C(C)C. The van der Waals surface area contributed by atoms with E-state index in [0.717, 1.165) is 12.2 Å². The first-order valence-electron chi connectivity index (χ1n) is 12.2. The Kier molecular flexibility index (Phi) is 7.09. The highest BCUT2D eigenvalue weighted by atomic mass is 32.4. The quantitative estimate of drug-likeness (QED) is 0.409. The van der Waals surface area contributed by atoms with Crippen LogP contribution in [0.25, 0.3) is 0 Å². The van der Waals surface area contributed by atoms with Gasteiger partial charge in [-0.25, -0.2) is 4.79 Å². The standard InChI is InChI=1S/C26H43NO3SSi/c1-17(2)32(18(3)4,19(5)6)31-20-11-12-21-22(15-20)29-23-16-27(14-13-26(21,23)10)24(28)30-25(7,8)9/h11-12,15,17-19,23H,13-14,16H2,1-10H3. The van der Waals surface area contributed by atoms with Gasteiger partial charge in [0.15, 0.2) is 0 Å². The maximum absolute atomic E-state index is 12.6. The second-order valence-corrected chi connectivity index (χ2v) is 20.4. The summed E-state index contributed by atoms with van der Waals surface area (Å²) >= 11 is 2.14. The van der Waals surface area contributed by atoms with Crippen molar-refractivity contribution in [2.45, 2.75) is 114 Å². The van der Waals surface area contributed by atoms with E-state index in [4.69, 9.17) is 9.47 Å². The first-order valence-corrected chi connectivity index (χ1v) is 16.0. The summed E-state index contributed by atoms with van der Waals surface area (Å²) in [5, 5.41) is 0. The van der Waals surface area contributed by atoms with Gasteiger partial charge in [0.25, 0.3) is 0 Å². The number of rotatable bonds is 5. The maximum atomic E-state index is 12.6. The van der Waals surface area contributed by atoms with E-state index in [1.54, 1.807) is 0 Å². The van der Waals surface area contributed by atoms with Crippen LogP contribution in [-0.4, -0.2) is 43.0 Å². The molecule has 0 radical (unpaired) electrons. The third-order valence-corrected chi connectivity index (χ3v) is 19.8. The molecular formula is C26H43NO3SSi. The fraction of sp³-hybridized carbons (Fsp3) is 0.731. The average molecular weight is 478 g/mol. The number of piperidine rings is 1. The minimum absolute atomic E-state index is 0.0266. The molecule has 2 atom stereocenters. The van der Waals surface area contributed by atoms with E-state index < -0.39 is 12.8 Å². The summed E-state index contributed by atoms with van der Waals surface area (Å²) in [6.45, 7) is 23.7. The molecule has 0 spiro atoms. The molecule has 6 heteroatoms. The van der Waals surface area contributed by atoms with Crippen molar-refractivity contribution in [3.8, 4) is 5.75 Å². The summed E-state index contributed by atoms with van der Waals surface area (Å²) in [5.74, 6) is 1.01. The number of carbonyl (C=O) groups excluding carboxylic acids is 1. The van der Waals surface area contributed by atoms with E-state index in [1.807, 2.05) is 25.7 Å². The van der Waals surface area contributed by atoms with Crippen molar-refractivity contribution in [1.29, 1.82) is 0 Å². The molecule has 2 unspecified atom stereocenters. The first-order chi connectivity index (χ1) is 14.7. The Balaban J connectivity index is 1.83. The number of likely N-dealkylation sites (tertiary alicyclic amines) is 1. The zero-order valence-electron chi connectivity index (χ0n) is 21.7. The molecule has 3 rings (SSSR count). The summed E-state index contributed by atoms with van der Waals surface area (Å²) in [6, 6.07) is 6.88. The Bertz CT molecular complexity index is 826. The molecule has 1 saturated heterocycles. The van der Waals surface area contributed by atoms with Crippen LogP contribution in [0.15, 0.2) is 23.1 Å². The summed E-state index contributed by atoms with van der Waals surface area (Å²) < 4.78 is 12.1. The van der Waals surface area contributed by atoms with Crippen LogP contribution >= 0.6 is 11.2 Å². The normalized spacial score (nSPS) is 23.4. The molecule has 0 bridgehead atoms. The van der Waals surface area contributed by atoms with Crippen LogP contribution in [0.5, 0.6) is 5.75 Å². The van der Waals surface area contributed by atoms with Gasteiger partial charge in [-0.15, -0.1) is 0 Å². The van der Waals surface area contributed by atoms with Crippen molar-refractivity contribution in [3.63, 3.8) is 0 Å². The van der Waals surface area contributed by atoms with Crippen molar-refractivity contribution >= 4 is 24.5 Å². The third-order valence-electron chi connectivity index (χ3n) is 7.49. The maximum Gasteiger partial charge on any atom is 0.410 e. The second-order valence-electron chi connectivity index (χ2n) is 11.8. The summed E-state index contributed by atoms with van der Waals surface area (Å²) in [7, 11) is -1.62. The van der Waals surface area contributed by atoms with Gasteiger partial charge in [-0.2, -0.15) is 11.2 Å². The number of hydrogen-bond donors (Lipinski definition) is 0. The molecule has 2 aliphatic rings. The van der Waals surface area contributed by atoms with E-state index in [1.165, 1.54) is 10.5 Å². The monoisotopic (exact) mass is 477 g/mol. The van der Waals surface area contributed by atoms with Crippen LogP contribution < -0.4 is 4.74 Å². The van der Waals surface area contributed by atoms with Crippen molar-refractivity contribution in [2.75, 3.05) is 13.1 Å². The van der Waals surface area contributed by atoms with Crippen LogP contribution in [0.4, 0.5) is 4.79 Å². The molecular weight excluding hydrogens is 434 g/mol. The molecule has 1 fully saturated rings. The second kappa shape index (κ2) is 8.90. The van der Waals surface area contributed by atoms with Crippen LogP contribution in [0.3, 0.4) is 0 Å². The van der Waals surface area contributed by atoms with E-state index in [0.29, 0.717) is 29.7 Å². The van der Waals surface area contributed by atoms with Crippen LogP contribution in [0, 0.1) is 0 Å². The van der Waals surface area contributed by atoms with Crippen LogP contribution in [0.1, 0.15) is 81.2 Å². The molecule has 2 aliphatic heterocycles. The molecule has 0 aromatic heterocycles. The average Bonchev–Trinajstić information content (AvgIpc) is 2.94. The Morgan fingerprint density at radius 2 is 1.75 bits per heavy atom. The predicted molar refractivity (Wildman–Crippen MR) is 138 cm³/mol. The molecule has 1 aromatic carbocycles. The lowest BCUT2D eigenvalue weighted by molar-refractivity contribution is -0.00224. The van der Waals surface area contributed by atoms with Gasteiger partial charge in [0.2, 0.25) is 0 Å². The molecule has 4 nitrogen and oxygen atoms in total. The summed E-state index contributed by atoms with van der Waals surface area (Å²) in [5.41, 5.74) is 2.85. The lowest BCUT2D eigenvalue weighted by Crippen LogP contribution is -2.54. The van der Waals surface area contributed by atoms with Crippen LogP contribution in [-0.2, 0) is 10.2 Å². The number of fused-ring (bicyclic) bond motifs is 3. The molecule has 2 heterocycles. The topological polar surface area (TPSA) is 38.8 Å². The van der Waals surface area contributed by atoms with Gasteiger partial charge >= 0.3 is 6.09 Å². The highest BCUT2D eigenvalue weighted by Gasteiger charge is 2.50. The van der Waals surface area contributed by atoms with Crippen LogP contribution in [0.2, 0.25) is 16.6 Å². The van der Waals surface area contributed by atoms with Crippen molar-refractivity contribution in [2.24, 2.45) is 0 Å². The molecule has 180 valence electrons. The first kappa shape index (κ1) is 25.5. The number of carbonyl (C=O) groups is 1. The number of hydrogen-bond acceptors (Lipinski definition) is 4. The molecule has 1 aromatic rings.